The predicted octanol–water partition coefficient (Wildman–Crippen LogP) is 8.04. The second-order valence-electron chi connectivity index (χ2n) is 19.4. The highest BCUT2D eigenvalue weighted by Crippen LogP contribution is 2.40. The van der Waals surface area contributed by atoms with Crippen LogP contribution in [-0.4, -0.2) is 118 Å². The van der Waals surface area contributed by atoms with Gasteiger partial charge in [-0.15, -0.1) is 6.58 Å². The zero-order valence-electron chi connectivity index (χ0n) is 40.4. The molecule has 4 saturated heterocycles. The van der Waals surface area contributed by atoms with Gasteiger partial charge in [-0.25, -0.2) is 14.8 Å². The van der Waals surface area contributed by atoms with E-state index in [0.717, 1.165) is 16.7 Å². The van der Waals surface area contributed by atoms with Gasteiger partial charge in [-0.1, -0.05) is 68.0 Å². The summed E-state index contributed by atoms with van der Waals surface area (Å²) in [7, 11) is 3.21. The first-order chi connectivity index (χ1) is 32.6. The molecule has 0 radical (unpaired) electrons. The third-order valence-corrected chi connectivity index (χ3v) is 13.8. The Bertz CT molecular complexity index is 2170. The summed E-state index contributed by atoms with van der Waals surface area (Å²) < 4.78 is 55.1. The van der Waals surface area contributed by atoms with Crippen molar-refractivity contribution < 1.29 is 62.1 Å². The van der Waals surface area contributed by atoms with Crippen LogP contribution in [0.4, 0.5) is 0 Å². The van der Waals surface area contributed by atoms with Gasteiger partial charge >= 0.3 is 5.97 Å². The van der Waals surface area contributed by atoms with Crippen LogP contribution in [0.25, 0.3) is 12.2 Å². The maximum absolute atomic E-state index is 13.5. The zero-order chi connectivity index (χ0) is 48.5. The van der Waals surface area contributed by atoms with E-state index >= 15 is 0 Å². The molecule has 15 heteroatoms. The standard InChI is InChI=1S/C53H72N2O13/c1-9-12-38(60-7)18-17-31(2)21-44(57)47-26-42(61-8)27-53(59,68-47)28-49-54-36(29-62-49)22-33(4)51-35(6)52-34(5)45(66-51)14-11-15-48-55-43(30-63-48)46-24-37(56)23-41(65-46)25-40-20-32(3)19-39(64-40)13-10-16-50(58)67-52/h9-11,15-18,21-22,29-30,34-35,37-42,44-47,51-52,56-57,59H,1,3,12-14,19-20,23-28H2,2,4-8H3/b15-11+,16-10-,18-17+,31-21+,33-22+/t34-,35-,37+,38+,39?,40?,41?,42+,44+,45?,46?,47?,51?,52-,53-/m0/s1. The molecule has 4 fully saturated rings. The first-order valence-electron chi connectivity index (χ1n) is 24.1. The molecule has 2 aromatic rings. The number of aliphatic hydroxyl groups excluding tert-OH is 2. The number of hydrogen-bond acceptors (Lipinski definition) is 15. The number of allylic oxidation sites excluding steroid dienone is 2. The molecular weight excluding hydrogens is 873 g/mol. The molecule has 2 aromatic heterocycles. The summed E-state index contributed by atoms with van der Waals surface area (Å²) >= 11 is 0. The van der Waals surface area contributed by atoms with Crippen molar-refractivity contribution in [2.75, 3.05) is 14.2 Å². The van der Waals surface area contributed by atoms with E-state index in [1.807, 2.05) is 58.1 Å². The number of carbonyl (C=O) groups excluding carboxylic acids is 1. The molecule has 0 saturated carbocycles. The van der Waals surface area contributed by atoms with Crippen LogP contribution in [0.15, 0.2) is 93.8 Å². The van der Waals surface area contributed by atoms with Crippen LogP contribution >= 0.6 is 0 Å². The van der Waals surface area contributed by atoms with Crippen molar-refractivity contribution in [3.05, 3.63) is 108 Å². The number of methoxy groups -OCH3 is 2. The first kappa shape index (κ1) is 51.6. The van der Waals surface area contributed by atoms with Crippen LogP contribution in [0.5, 0.6) is 0 Å². The molecule has 0 spiro atoms. The highest BCUT2D eigenvalue weighted by atomic mass is 16.6. The Hall–Kier alpha value is -4.29. The summed E-state index contributed by atoms with van der Waals surface area (Å²) in [5.41, 5.74) is 3.86. The maximum Gasteiger partial charge on any atom is 0.330 e. The summed E-state index contributed by atoms with van der Waals surface area (Å²) in [5, 5.41) is 33.9. The number of aliphatic hydroxyl groups is 3. The Kier molecular flexibility index (Phi) is 17.9. The van der Waals surface area contributed by atoms with Gasteiger partial charge in [-0.3, -0.25) is 0 Å². The van der Waals surface area contributed by atoms with E-state index in [9.17, 15) is 20.1 Å². The van der Waals surface area contributed by atoms with Crippen LogP contribution in [0, 0.1) is 11.8 Å². The average Bonchev–Trinajstić information content (AvgIpc) is 3.95. The number of fused-ring (bicyclic) bond motifs is 9. The number of ether oxygens (including phenoxy) is 7. The van der Waals surface area contributed by atoms with Crippen molar-refractivity contribution in [1.82, 2.24) is 9.97 Å². The monoisotopic (exact) mass is 945 g/mol. The molecule has 0 amide bonds. The molecular formula is C53H72N2O13. The Morgan fingerprint density at radius 1 is 0.971 bits per heavy atom. The van der Waals surface area contributed by atoms with Gasteiger partial charge in [0, 0.05) is 57.8 Å². The van der Waals surface area contributed by atoms with Crippen molar-refractivity contribution in [2.45, 2.75) is 177 Å². The Morgan fingerprint density at radius 3 is 2.54 bits per heavy atom. The number of esters is 1. The lowest BCUT2D eigenvalue weighted by Gasteiger charge is -2.44. The highest BCUT2D eigenvalue weighted by molar-refractivity contribution is 5.82. The average molecular weight is 945 g/mol. The number of nitrogens with zero attached hydrogens (tertiary/aromatic N) is 2. The SMILES string of the molecule is C=CC[C@H](/C=C/C(C)=C/[C@@H](O)C1C[C@@H](OC)C[C@@](O)(Cc2nc(/C=C(\C)C3OC4C/C=C/c5nc(co5)C5C[C@H](O)CC(CC6CC(=C)CC(C/C=C\C(=O)O[C@@H]([C@H]4C)[C@H]3C)O6)O5)co2)O1)OC. The molecule has 15 atom stereocenters. The second-order valence-corrected chi connectivity index (χ2v) is 19.4. The highest BCUT2D eigenvalue weighted by Gasteiger charge is 2.45. The van der Waals surface area contributed by atoms with Gasteiger partial charge in [0.1, 0.15) is 36.1 Å². The van der Waals surface area contributed by atoms with Crippen LogP contribution < -0.4 is 0 Å². The molecule has 7 heterocycles. The topological polar surface area (TPSA) is 194 Å². The zero-order valence-corrected chi connectivity index (χ0v) is 40.4. The minimum atomic E-state index is -1.73. The van der Waals surface area contributed by atoms with Crippen molar-refractivity contribution in [3.63, 3.8) is 0 Å². The van der Waals surface area contributed by atoms with E-state index in [0.29, 0.717) is 75.1 Å². The number of oxazole rings is 2. The second kappa shape index (κ2) is 23.5. The third-order valence-electron chi connectivity index (χ3n) is 13.8. The van der Waals surface area contributed by atoms with E-state index in [-0.39, 0.29) is 67.2 Å². The van der Waals surface area contributed by atoms with Crippen molar-refractivity contribution in [1.29, 1.82) is 0 Å². The van der Waals surface area contributed by atoms with E-state index in [4.69, 9.17) is 52.0 Å². The van der Waals surface area contributed by atoms with Crippen LogP contribution in [0.3, 0.4) is 0 Å². The van der Waals surface area contributed by atoms with Gasteiger partial charge in [0.05, 0.1) is 67.5 Å². The van der Waals surface area contributed by atoms with E-state index in [2.05, 4.69) is 13.2 Å². The summed E-state index contributed by atoms with van der Waals surface area (Å²) in [6, 6.07) is 0. The molecule has 7 unspecified atom stereocenters. The van der Waals surface area contributed by atoms with Gasteiger partial charge in [-0.2, -0.15) is 0 Å². The summed E-state index contributed by atoms with van der Waals surface area (Å²) in [6.45, 7) is 15.9. The molecule has 8 bridgehead atoms. The van der Waals surface area contributed by atoms with E-state index < -0.39 is 48.4 Å². The van der Waals surface area contributed by atoms with E-state index in [1.165, 1.54) is 12.3 Å². The van der Waals surface area contributed by atoms with E-state index in [1.54, 1.807) is 38.7 Å². The van der Waals surface area contributed by atoms with Crippen molar-refractivity contribution in [2.24, 2.45) is 11.8 Å². The summed E-state index contributed by atoms with van der Waals surface area (Å²) in [5.74, 6) is -1.94. The fourth-order valence-corrected chi connectivity index (χ4v) is 10.3. The molecule has 3 N–H and O–H groups in total. The van der Waals surface area contributed by atoms with Crippen LogP contribution in [0.1, 0.15) is 121 Å². The predicted molar refractivity (Wildman–Crippen MR) is 254 cm³/mol. The van der Waals surface area contributed by atoms with Crippen molar-refractivity contribution in [3.8, 4) is 0 Å². The maximum atomic E-state index is 13.5. The molecule has 5 aliphatic rings. The molecule has 372 valence electrons. The first-order valence-corrected chi connectivity index (χ1v) is 24.1. The third kappa shape index (κ3) is 13.7. The minimum absolute atomic E-state index is 0.0825. The normalized spacial score (nSPS) is 36.3. The lowest BCUT2D eigenvalue weighted by Crippen LogP contribution is -2.51. The Morgan fingerprint density at radius 2 is 1.76 bits per heavy atom. The molecule has 5 aliphatic heterocycles. The van der Waals surface area contributed by atoms with Gasteiger partial charge in [0.2, 0.25) is 5.89 Å². The van der Waals surface area contributed by atoms with Gasteiger partial charge < -0.3 is 57.3 Å². The number of hydrogen-bond donors (Lipinski definition) is 3. The number of aromatic nitrogens is 2. The minimum Gasteiger partial charge on any atom is -0.458 e. The summed E-state index contributed by atoms with van der Waals surface area (Å²) in [6.07, 6.45) is 19.2. The molecule has 7 rings (SSSR count). The molecule has 68 heavy (non-hydrogen) atoms. The number of carbonyl (C=O) groups is 1. The van der Waals surface area contributed by atoms with Crippen molar-refractivity contribution >= 4 is 18.1 Å². The smallest absolute Gasteiger partial charge is 0.330 e. The van der Waals surface area contributed by atoms with Gasteiger partial charge in [0.25, 0.3) is 0 Å². The largest absolute Gasteiger partial charge is 0.458 e. The summed E-state index contributed by atoms with van der Waals surface area (Å²) in [4.78, 5) is 23.0. The fourth-order valence-electron chi connectivity index (χ4n) is 10.3. The Balaban J connectivity index is 1.07. The van der Waals surface area contributed by atoms with Crippen LogP contribution in [0.2, 0.25) is 0 Å². The Labute approximate surface area is 400 Å². The lowest BCUT2D eigenvalue weighted by atomic mass is 9.79. The number of rotatable bonds is 12. The van der Waals surface area contributed by atoms with Crippen LogP contribution in [-0.2, 0) is 44.4 Å². The fraction of sp³-hybridized carbons (Fsp3) is 0.604. The van der Waals surface area contributed by atoms with Gasteiger partial charge in [0.15, 0.2) is 11.7 Å². The quantitative estimate of drug-likeness (QED) is 0.105. The van der Waals surface area contributed by atoms with Gasteiger partial charge in [-0.05, 0) is 70.1 Å². The molecule has 0 aromatic carbocycles. The molecule has 15 nitrogen and oxygen atoms in total. The lowest BCUT2D eigenvalue weighted by molar-refractivity contribution is -0.286. The molecule has 0 aliphatic carbocycles.